The van der Waals surface area contributed by atoms with Gasteiger partial charge in [0.05, 0.1) is 6.04 Å². The fourth-order valence-corrected chi connectivity index (χ4v) is 2.32. The molecular formula is C12H12N6O5. The monoisotopic (exact) mass is 320 g/mol. The van der Waals surface area contributed by atoms with Crippen molar-refractivity contribution in [2.45, 2.75) is 37.8 Å². The van der Waals surface area contributed by atoms with Crippen LogP contribution in [0.1, 0.15) is 25.1 Å². The number of nitrogens with zero attached hydrogens (tertiary/aromatic N) is 5. The standard InChI is InChI=1S/C12H12N6O5/c1-5(19)9(20)10-7(16-17-14)2-8(23-10)18-4-6(3-13)11(21)15-12(18)22/h4,7-10,20H,2H2,1H3,(H,15,21,22)/t7-,8+,9?,10-/m0/s1. The Bertz CT molecular complexity index is 830. The summed E-state index contributed by atoms with van der Waals surface area (Å²) in [6, 6.07) is 0.749. The van der Waals surface area contributed by atoms with Crippen LogP contribution >= 0.6 is 0 Å². The van der Waals surface area contributed by atoms with E-state index in [0.29, 0.717) is 0 Å². The fraction of sp³-hybridized carbons (Fsp3) is 0.500. The summed E-state index contributed by atoms with van der Waals surface area (Å²) in [5.74, 6) is -0.583. The molecule has 23 heavy (non-hydrogen) atoms. The van der Waals surface area contributed by atoms with Crippen molar-refractivity contribution in [1.82, 2.24) is 9.55 Å². The highest BCUT2D eigenvalue weighted by Gasteiger charge is 2.42. The highest BCUT2D eigenvalue weighted by molar-refractivity contribution is 5.81. The number of hydrogen-bond donors (Lipinski definition) is 2. The third-order valence-corrected chi connectivity index (χ3v) is 3.46. The molecule has 11 nitrogen and oxygen atoms in total. The molecule has 1 saturated heterocycles. The highest BCUT2D eigenvalue weighted by Crippen LogP contribution is 2.32. The van der Waals surface area contributed by atoms with Crippen molar-refractivity contribution in [3.63, 3.8) is 0 Å². The van der Waals surface area contributed by atoms with Crippen LogP contribution in [0.25, 0.3) is 10.4 Å². The van der Waals surface area contributed by atoms with Crippen LogP contribution in [0, 0.1) is 11.3 Å². The first kappa shape index (κ1) is 16.4. The Balaban J connectivity index is 2.41. The molecule has 1 unspecified atom stereocenters. The number of aromatic nitrogens is 2. The molecule has 11 heteroatoms. The number of ether oxygens (including phenoxy) is 1. The molecule has 1 aliphatic heterocycles. The second-order valence-electron chi connectivity index (χ2n) is 4.94. The van der Waals surface area contributed by atoms with Gasteiger partial charge in [-0.3, -0.25) is 19.1 Å². The largest absolute Gasteiger partial charge is 0.383 e. The maximum absolute atomic E-state index is 11.9. The minimum absolute atomic E-state index is 0.00408. The van der Waals surface area contributed by atoms with Crippen molar-refractivity contribution in [2.75, 3.05) is 0 Å². The van der Waals surface area contributed by atoms with E-state index in [1.54, 1.807) is 6.07 Å². The predicted octanol–water partition coefficient (Wildman–Crippen LogP) is -0.675. The Morgan fingerprint density at radius 3 is 2.96 bits per heavy atom. The van der Waals surface area contributed by atoms with Crippen LogP contribution < -0.4 is 11.2 Å². The average Bonchev–Trinajstić information content (AvgIpc) is 2.90. The van der Waals surface area contributed by atoms with E-state index in [0.717, 1.165) is 17.7 Å². The van der Waals surface area contributed by atoms with Crippen LogP contribution in [0.15, 0.2) is 20.9 Å². The maximum atomic E-state index is 11.9. The first-order valence-corrected chi connectivity index (χ1v) is 6.52. The molecule has 2 N–H and O–H groups in total. The Morgan fingerprint density at radius 2 is 2.39 bits per heavy atom. The van der Waals surface area contributed by atoms with E-state index in [1.807, 2.05) is 4.98 Å². The van der Waals surface area contributed by atoms with E-state index in [1.165, 1.54) is 0 Å². The second kappa shape index (κ2) is 6.45. The molecule has 0 aliphatic carbocycles. The molecule has 0 amide bonds. The first-order chi connectivity index (χ1) is 10.9. The lowest BCUT2D eigenvalue weighted by molar-refractivity contribution is -0.135. The molecule has 0 spiro atoms. The van der Waals surface area contributed by atoms with Gasteiger partial charge in [0.15, 0.2) is 5.78 Å². The van der Waals surface area contributed by atoms with E-state index < -0.39 is 41.5 Å². The molecule has 2 rings (SSSR count). The zero-order valence-electron chi connectivity index (χ0n) is 11.9. The SMILES string of the molecule is CC(=O)C(O)[C@H]1O[C@@H](n2cc(C#N)c(=O)[nH]c2=O)C[C@@H]1N=[N+]=[N-]. The van der Waals surface area contributed by atoms with Gasteiger partial charge in [0.25, 0.3) is 5.56 Å². The van der Waals surface area contributed by atoms with Gasteiger partial charge in [0.2, 0.25) is 0 Å². The number of aliphatic hydroxyl groups excluding tert-OH is 1. The number of H-pyrrole nitrogens is 1. The predicted molar refractivity (Wildman–Crippen MR) is 74.2 cm³/mol. The first-order valence-electron chi connectivity index (χ1n) is 6.52. The third-order valence-electron chi connectivity index (χ3n) is 3.46. The van der Waals surface area contributed by atoms with Crippen LogP contribution in [0.4, 0.5) is 0 Å². The van der Waals surface area contributed by atoms with Gasteiger partial charge >= 0.3 is 5.69 Å². The number of rotatable bonds is 4. The van der Waals surface area contributed by atoms with Crippen molar-refractivity contribution in [1.29, 1.82) is 5.26 Å². The highest BCUT2D eigenvalue weighted by atomic mass is 16.5. The number of hydrogen-bond acceptors (Lipinski definition) is 7. The summed E-state index contributed by atoms with van der Waals surface area (Å²) >= 11 is 0. The molecule has 0 radical (unpaired) electrons. The van der Waals surface area contributed by atoms with Crippen molar-refractivity contribution in [3.8, 4) is 6.07 Å². The minimum Gasteiger partial charge on any atom is -0.383 e. The minimum atomic E-state index is -1.52. The van der Waals surface area contributed by atoms with Gasteiger partial charge in [0.1, 0.15) is 30.1 Å². The molecule has 1 fully saturated rings. The maximum Gasteiger partial charge on any atom is 0.330 e. The molecule has 2 heterocycles. The number of nitriles is 1. The molecule has 0 bridgehead atoms. The molecule has 1 aromatic heterocycles. The zero-order valence-corrected chi connectivity index (χ0v) is 11.9. The van der Waals surface area contributed by atoms with Gasteiger partial charge in [-0.1, -0.05) is 5.11 Å². The van der Waals surface area contributed by atoms with Gasteiger partial charge in [0, 0.05) is 17.5 Å². The van der Waals surface area contributed by atoms with Crippen LogP contribution in [-0.4, -0.2) is 38.7 Å². The van der Waals surface area contributed by atoms with Crippen LogP contribution in [-0.2, 0) is 9.53 Å². The van der Waals surface area contributed by atoms with E-state index in [2.05, 4.69) is 10.0 Å². The van der Waals surface area contributed by atoms with E-state index >= 15 is 0 Å². The molecule has 1 aromatic rings. The quantitative estimate of drug-likeness (QED) is 0.422. The van der Waals surface area contributed by atoms with E-state index in [9.17, 15) is 19.5 Å². The topological polar surface area (TPSA) is 174 Å². The average molecular weight is 320 g/mol. The third kappa shape index (κ3) is 3.14. The Morgan fingerprint density at radius 1 is 1.70 bits per heavy atom. The molecule has 120 valence electrons. The van der Waals surface area contributed by atoms with E-state index in [4.69, 9.17) is 15.5 Å². The van der Waals surface area contributed by atoms with E-state index in [-0.39, 0.29) is 12.0 Å². The number of azide groups is 1. The van der Waals surface area contributed by atoms with Crippen LogP contribution in [0.5, 0.6) is 0 Å². The van der Waals surface area contributed by atoms with Crippen LogP contribution in [0.3, 0.4) is 0 Å². The number of nitrogens with one attached hydrogen (secondary N) is 1. The van der Waals surface area contributed by atoms with Gasteiger partial charge in [-0.2, -0.15) is 5.26 Å². The van der Waals surface area contributed by atoms with Crippen molar-refractivity contribution < 1.29 is 14.6 Å². The van der Waals surface area contributed by atoms with Gasteiger partial charge in [-0.25, -0.2) is 4.79 Å². The lowest BCUT2D eigenvalue weighted by atomic mass is 10.0. The number of carbonyl (C=O) groups excluding carboxylic acids is 1. The number of aromatic amines is 1. The lowest BCUT2D eigenvalue weighted by Gasteiger charge is -2.19. The summed E-state index contributed by atoms with van der Waals surface area (Å²) in [7, 11) is 0. The zero-order chi connectivity index (χ0) is 17.1. The fourth-order valence-electron chi connectivity index (χ4n) is 2.32. The van der Waals surface area contributed by atoms with Crippen LogP contribution in [0.2, 0.25) is 0 Å². The summed E-state index contributed by atoms with van der Waals surface area (Å²) < 4.78 is 6.40. The Kier molecular flexibility index (Phi) is 4.61. The normalized spacial score (nSPS) is 24.5. The number of ketones is 1. The lowest BCUT2D eigenvalue weighted by Crippen LogP contribution is -2.38. The molecule has 0 saturated carbocycles. The number of carbonyl (C=O) groups is 1. The molecule has 0 aromatic carbocycles. The summed E-state index contributed by atoms with van der Waals surface area (Å²) in [5.41, 5.74) is 6.61. The molecular weight excluding hydrogens is 308 g/mol. The number of Topliss-reactive ketones (excluding diaryl/α,β-unsaturated/α-hetero) is 1. The van der Waals surface area contributed by atoms with Gasteiger partial charge in [-0.15, -0.1) is 0 Å². The smallest absolute Gasteiger partial charge is 0.330 e. The van der Waals surface area contributed by atoms with Crippen molar-refractivity contribution >= 4 is 5.78 Å². The van der Waals surface area contributed by atoms with Gasteiger partial charge < -0.3 is 9.84 Å². The second-order valence-corrected chi connectivity index (χ2v) is 4.94. The summed E-state index contributed by atoms with van der Waals surface area (Å²) in [5, 5.41) is 22.2. The van der Waals surface area contributed by atoms with Crippen molar-refractivity contribution in [2.24, 2.45) is 5.11 Å². The summed E-state index contributed by atoms with van der Waals surface area (Å²) in [6.07, 6.45) is -2.64. The van der Waals surface area contributed by atoms with Gasteiger partial charge in [-0.05, 0) is 12.5 Å². The Labute approximate surface area is 128 Å². The Hall–Kier alpha value is -2.93. The molecule has 4 atom stereocenters. The number of aliphatic hydroxyl groups is 1. The summed E-state index contributed by atoms with van der Waals surface area (Å²) in [4.78, 5) is 39.1. The molecule has 1 aliphatic rings. The summed E-state index contributed by atoms with van der Waals surface area (Å²) in [6.45, 7) is 1.15. The van der Waals surface area contributed by atoms with Crippen molar-refractivity contribution in [3.05, 3.63) is 43.0 Å².